The van der Waals surface area contributed by atoms with Crippen LogP contribution in [-0.2, 0) is 20.9 Å². The molecule has 1 N–H and O–H groups in total. The van der Waals surface area contributed by atoms with Crippen LogP contribution in [0.3, 0.4) is 0 Å². The Hall–Kier alpha value is -2.46. The average molecular weight is 521 g/mol. The first-order chi connectivity index (χ1) is 17.1. The molecule has 0 saturated heterocycles. The number of aromatic nitrogens is 1. The van der Waals surface area contributed by atoms with E-state index in [1.807, 2.05) is 59.0 Å². The van der Waals surface area contributed by atoms with E-state index >= 15 is 0 Å². The monoisotopic (exact) mass is 520 g/mol. The number of aryl methyl sites for hydroxylation is 1. The SMILES string of the molecule is Cc1ncc2c(c1OC(O)OCCC(C)CCON=NN(C)C(C)(C)C)COC2c1ccc(Cl)cc1. The molecule has 1 aliphatic rings. The molecule has 1 aliphatic heterocycles. The van der Waals surface area contributed by atoms with E-state index < -0.39 is 6.48 Å². The van der Waals surface area contributed by atoms with Crippen LogP contribution in [0.2, 0.25) is 5.02 Å². The molecule has 9 nitrogen and oxygen atoms in total. The minimum absolute atomic E-state index is 0.111. The Labute approximate surface area is 218 Å². The van der Waals surface area contributed by atoms with Crippen molar-refractivity contribution in [1.82, 2.24) is 9.99 Å². The third-order valence-electron chi connectivity index (χ3n) is 6.19. The molecule has 3 unspecified atom stereocenters. The first-order valence-corrected chi connectivity index (χ1v) is 12.5. The summed E-state index contributed by atoms with van der Waals surface area (Å²) in [4.78, 5) is 9.70. The molecule has 0 spiro atoms. The summed E-state index contributed by atoms with van der Waals surface area (Å²) in [6.45, 7) is 9.79. The minimum Gasteiger partial charge on any atom is -0.439 e. The van der Waals surface area contributed by atoms with Crippen LogP contribution in [0.25, 0.3) is 0 Å². The fraction of sp³-hybridized carbons (Fsp3) is 0.577. The van der Waals surface area contributed by atoms with E-state index in [1.165, 1.54) is 0 Å². The molecule has 1 aromatic carbocycles. The van der Waals surface area contributed by atoms with Gasteiger partial charge in [0.1, 0.15) is 12.7 Å². The van der Waals surface area contributed by atoms with Crippen molar-refractivity contribution in [3.05, 3.63) is 57.9 Å². The Morgan fingerprint density at radius 2 is 1.92 bits per heavy atom. The van der Waals surface area contributed by atoms with Crippen molar-refractivity contribution in [2.75, 3.05) is 20.3 Å². The number of hydrogen-bond donors (Lipinski definition) is 1. The van der Waals surface area contributed by atoms with Gasteiger partial charge in [-0.15, -0.1) is 0 Å². The third-order valence-corrected chi connectivity index (χ3v) is 6.44. The van der Waals surface area contributed by atoms with Crippen LogP contribution in [-0.4, -0.2) is 47.4 Å². The number of aliphatic hydroxyl groups excluding tert-OH is 1. The zero-order valence-electron chi connectivity index (χ0n) is 21.9. The second-order valence-electron chi connectivity index (χ2n) is 10.0. The highest BCUT2D eigenvalue weighted by molar-refractivity contribution is 6.30. The maximum absolute atomic E-state index is 10.4. The van der Waals surface area contributed by atoms with Crippen molar-refractivity contribution in [3.63, 3.8) is 0 Å². The van der Waals surface area contributed by atoms with Crippen molar-refractivity contribution < 1.29 is 24.2 Å². The highest BCUT2D eigenvalue weighted by atomic mass is 35.5. The Bertz CT molecular complexity index is 1010. The minimum atomic E-state index is -1.41. The number of nitrogens with zero attached hydrogens (tertiary/aromatic N) is 4. The Morgan fingerprint density at radius 3 is 2.61 bits per heavy atom. The lowest BCUT2D eigenvalue weighted by molar-refractivity contribution is -0.218. The average Bonchev–Trinajstić information content (AvgIpc) is 3.25. The van der Waals surface area contributed by atoms with Crippen LogP contribution >= 0.6 is 11.6 Å². The van der Waals surface area contributed by atoms with Crippen LogP contribution in [0.1, 0.15) is 69.0 Å². The Kier molecular flexibility index (Phi) is 9.90. The van der Waals surface area contributed by atoms with Crippen molar-refractivity contribution >= 4 is 11.6 Å². The van der Waals surface area contributed by atoms with Gasteiger partial charge in [-0.05, 0) is 69.4 Å². The zero-order valence-corrected chi connectivity index (χ0v) is 22.7. The van der Waals surface area contributed by atoms with Crippen LogP contribution in [0.5, 0.6) is 5.75 Å². The highest BCUT2D eigenvalue weighted by Crippen LogP contribution is 2.41. The molecular formula is C26H37ClN4O5. The van der Waals surface area contributed by atoms with Crippen molar-refractivity contribution in [1.29, 1.82) is 0 Å². The van der Waals surface area contributed by atoms with E-state index in [4.69, 9.17) is 30.6 Å². The lowest BCUT2D eigenvalue weighted by Gasteiger charge is -2.27. The number of hydrogen-bond acceptors (Lipinski definition) is 8. The molecular weight excluding hydrogens is 484 g/mol. The molecule has 1 aromatic heterocycles. The number of ether oxygens (including phenoxy) is 3. The van der Waals surface area contributed by atoms with E-state index in [2.05, 4.69) is 22.4 Å². The standard InChI is InChI=1S/C26H37ClN4O5/c1-17(12-14-35-30-29-31(6)26(3,4)5)11-13-33-25(32)36-23-18(2)28-15-21-22(23)16-34-24(21)19-7-9-20(27)10-8-19/h7-10,15,17,24-25,32H,11-14,16H2,1-6H3. The summed E-state index contributed by atoms with van der Waals surface area (Å²) in [6, 6.07) is 7.52. The van der Waals surface area contributed by atoms with Gasteiger partial charge in [0.2, 0.25) is 0 Å². The summed E-state index contributed by atoms with van der Waals surface area (Å²) in [5, 5.41) is 20.6. The van der Waals surface area contributed by atoms with Gasteiger partial charge in [0.05, 0.1) is 24.4 Å². The zero-order chi connectivity index (χ0) is 26.3. The third kappa shape index (κ3) is 7.77. The largest absolute Gasteiger partial charge is 0.439 e. The van der Waals surface area contributed by atoms with Crippen LogP contribution in [0, 0.1) is 12.8 Å². The van der Waals surface area contributed by atoms with Gasteiger partial charge in [0.15, 0.2) is 5.75 Å². The number of fused-ring (bicyclic) bond motifs is 1. The number of halogens is 1. The van der Waals surface area contributed by atoms with Crippen molar-refractivity contribution in [2.24, 2.45) is 16.4 Å². The van der Waals surface area contributed by atoms with Gasteiger partial charge in [0.25, 0.3) is 0 Å². The van der Waals surface area contributed by atoms with Crippen LogP contribution in [0.4, 0.5) is 0 Å². The maximum atomic E-state index is 10.4. The molecule has 0 aliphatic carbocycles. The van der Waals surface area contributed by atoms with Gasteiger partial charge in [-0.25, -0.2) is 0 Å². The summed E-state index contributed by atoms with van der Waals surface area (Å²) < 4.78 is 17.3. The normalized spacial score (nSPS) is 17.2. The lowest BCUT2D eigenvalue weighted by Crippen LogP contribution is -2.33. The Morgan fingerprint density at radius 1 is 1.22 bits per heavy atom. The first kappa shape index (κ1) is 28.1. The summed E-state index contributed by atoms with van der Waals surface area (Å²) in [5.41, 5.74) is 3.30. The molecule has 3 atom stereocenters. The fourth-order valence-corrected chi connectivity index (χ4v) is 3.64. The summed E-state index contributed by atoms with van der Waals surface area (Å²) in [6.07, 6.45) is 3.05. The van der Waals surface area contributed by atoms with E-state index in [-0.39, 0.29) is 11.6 Å². The molecule has 198 valence electrons. The number of benzene rings is 1. The molecule has 2 aromatic rings. The molecule has 0 radical (unpaired) electrons. The first-order valence-electron chi connectivity index (χ1n) is 12.1. The molecule has 2 heterocycles. The molecule has 0 fully saturated rings. The molecule has 0 amide bonds. The van der Waals surface area contributed by atoms with E-state index in [1.54, 1.807) is 11.2 Å². The van der Waals surface area contributed by atoms with Gasteiger partial charge in [-0.3, -0.25) is 9.99 Å². The van der Waals surface area contributed by atoms with Gasteiger partial charge >= 0.3 is 6.48 Å². The highest BCUT2D eigenvalue weighted by Gasteiger charge is 2.30. The Balaban J connectivity index is 1.45. The van der Waals surface area contributed by atoms with Crippen molar-refractivity contribution in [2.45, 2.75) is 72.2 Å². The summed E-state index contributed by atoms with van der Waals surface area (Å²) >= 11 is 6.01. The van der Waals surface area contributed by atoms with E-state index in [9.17, 15) is 5.11 Å². The quantitative estimate of drug-likeness (QED) is 0.164. The molecule has 10 heteroatoms. The van der Waals surface area contributed by atoms with Gasteiger partial charge in [-0.2, -0.15) is 0 Å². The molecule has 36 heavy (non-hydrogen) atoms. The fourth-order valence-electron chi connectivity index (χ4n) is 3.51. The van der Waals surface area contributed by atoms with Crippen molar-refractivity contribution in [3.8, 4) is 5.75 Å². The van der Waals surface area contributed by atoms with Gasteiger partial charge < -0.3 is 24.2 Å². The van der Waals surface area contributed by atoms with Crippen LogP contribution < -0.4 is 4.74 Å². The maximum Gasteiger partial charge on any atom is 0.313 e. The number of aliphatic hydroxyl groups is 1. The summed E-state index contributed by atoms with van der Waals surface area (Å²) in [5.74, 6) is 0.800. The predicted octanol–water partition coefficient (Wildman–Crippen LogP) is 5.78. The lowest BCUT2D eigenvalue weighted by atomic mass is 10.0. The number of rotatable bonds is 12. The van der Waals surface area contributed by atoms with E-state index in [0.717, 1.165) is 29.5 Å². The topological polar surface area (TPSA) is 98.0 Å². The molecule has 0 saturated carbocycles. The smallest absolute Gasteiger partial charge is 0.313 e. The van der Waals surface area contributed by atoms with Gasteiger partial charge in [0, 0.05) is 34.7 Å². The number of pyridine rings is 1. The van der Waals surface area contributed by atoms with Gasteiger partial charge in [-0.1, -0.05) is 30.7 Å². The second kappa shape index (κ2) is 12.7. The van der Waals surface area contributed by atoms with Crippen LogP contribution in [0.15, 0.2) is 41.0 Å². The summed E-state index contributed by atoms with van der Waals surface area (Å²) in [7, 11) is 1.85. The predicted molar refractivity (Wildman–Crippen MR) is 136 cm³/mol. The second-order valence-corrected chi connectivity index (χ2v) is 10.5. The molecule has 0 bridgehead atoms. The molecule has 3 rings (SSSR count). The van der Waals surface area contributed by atoms with E-state index in [0.29, 0.717) is 42.2 Å².